The van der Waals surface area contributed by atoms with E-state index in [4.69, 9.17) is 9.47 Å². The van der Waals surface area contributed by atoms with Gasteiger partial charge in [0.2, 0.25) is 11.8 Å². The van der Waals surface area contributed by atoms with Crippen LogP contribution in [0.25, 0.3) is 0 Å². The summed E-state index contributed by atoms with van der Waals surface area (Å²) in [7, 11) is 0. The topological polar surface area (TPSA) is 124 Å². The lowest BCUT2D eigenvalue weighted by atomic mass is 9.88. The summed E-state index contributed by atoms with van der Waals surface area (Å²) in [6, 6.07) is 28.2. The largest absolute Gasteiger partial charge is 0.444 e. The fraction of sp³-hybridized carbons (Fsp3) is 0.481. The summed E-state index contributed by atoms with van der Waals surface area (Å²) in [6.45, 7) is 23.4. The molecule has 1 atom stereocenters. The summed E-state index contributed by atoms with van der Waals surface area (Å²) in [5.74, 6) is -0.00431. The Bertz CT molecular complexity index is 2360. The second-order valence-corrected chi connectivity index (χ2v) is 20.3. The van der Waals surface area contributed by atoms with Crippen molar-refractivity contribution < 1.29 is 28.7 Å². The van der Waals surface area contributed by atoms with Crippen molar-refractivity contribution in [2.45, 2.75) is 144 Å². The summed E-state index contributed by atoms with van der Waals surface area (Å²) < 4.78 is 11.1. The number of benzene rings is 4. The molecule has 0 saturated heterocycles. The van der Waals surface area contributed by atoms with E-state index in [0.717, 1.165) is 83.7 Å². The third-order valence-corrected chi connectivity index (χ3v) is 12.0. The molecule has 4 amide bonds. The average Bonchev–Trinajstić information content (AvgIpc) is 3.47. The Kier molecular flexibility index (Phi) is 16.0. The second kappa shape index (κ2) is 21.3. The van der Waals surface area contributed by atoms with Gasteiger partial charge >= 0.3 is 12.2 Å². The zero-order valence-electron chi connectivity index (χ0n) is 41.1. The maximum atomic E-state index is 14.8. The molecule has 2 N–H and O–H groups in total. The Morgan fingerprint density at radius 2 is 1.14 bits per heavy atom. The minimum atomic E-state index is -0.670. The Labute approximate surface area is 393 Å². The van der Waals surface area contributed by atoms with Crippen molar-refractivity contribution in [2.75, 3.05) is 46.6 Å². The van der Waals surface area contributed by atoms with Gasteiger partial charge in [0.15, 0.2) is 0 Å². The second-order valence-electron chi connectivity index (χ2n) is 20.3. The van der Waals surface area contributed by atoms with Crippen LogP contribution in [0.2, 0.25) is 0 Å². The summed E-state index contributed by atoms with van der Waals surface area (Å²) >= 11 is 0. The monoisotopic (exact) mass is 901 g/mol. The molecule has 0 spiro atoms. The van der Waals surface area contributed by atoms with E-state index >= 15 is 0 Å². The van der Waals surface area contributed by atoms with Crippen LogP contribution in [0.1, 0.15) is 124 Å². The van der Waals surface area contributed by atoms with Crippen molar-refractivity contribution in [1.82, 2.24) is 9.80 Å². The zero-order valence-corrected chi connectivity index (χ0v) is 41.1. The molecule has 66 heavy (non-hydrogen) atoms. The summed E-state index contributed by atoms with van der Waals surface area (Å²) in [5.41, 5.74) is 7.22. The van der Waals surface area contributed by atoms with Crippen LogP contribution in [0.4, 0.5) is 43.7 Å². The van der Waals surface area contributed by atoms with Crippen LogP contribution in [-0.4, -0.2) is 83.3 Å². The van der Waals surface area contributed by atoms with E-state index in [1.807, 2.05) is 124 Å². The van der Waals surface area contributed by atoms with Crippen molar-refractivity contribution >= 4 is 58.1 Å². The van der Waals surface area contributed by atoms with E-state index in [0.29, 0.717) is 24.3 Å². The number of rotatable bonds is 14. The fourth-order valence-electron chi connectivity index (χ4n) is 9.20. The van der Waals surface area contributed by atoms with E-state index in [1.165, 1.54) is 0 Å². The van der Waals surface area contributed by atoms with Crippen molar-refractivity contribution in [3.8, 4) is 0 Å². The Morgan fingerprint density at radius 1 is 0.636 bits per heavy atom. The first-order valence-corrected chi connectivity index (χ1v) is 23.8. The highest BCUT2D eigenvalue weighted by Gasteiger charge is 2.33. The standard InChI is InChI=1S/C54H72N6O6/c1-12-29-57(34-49(61)59-45-21-15-13-18-38(45)23-24-39-25-27-42(32-47(39)59)55-51(63)65-53(6,7)8)30-17-19-40-31-41-26-28-43(56-52(64)66-54(9,10)11)33-48(41)60(46-22-16-14-20-44(40)46)50(62)35-58(36(2)3)37(4)5/h13-16,18,20-22,25-28,32-33,36-37,40H,12,17,19,23-24,29-31,34-35H2,1-11H3,(H,55,63)(H,56,64). The molecule has 12 heteroatoms. The molecule has 0 bridgehead atoms. The number of nitrogens with one attached hydrogen (secondary N) is 2. The Morgan fingerprint density at radius 3 is 1.71 bits per heavy atom. The van der Waals surface area contributed by atoms with Gasteiger partial charge in [-0.15, -0.1) is 0 Å². The van der Waals surface area contributed by atoms with Crippen LogP contribution in [0.15, 0.2) is 84.9 Å². The van der Waals surface area contributed by atoms with E-state index in [2.05, 4.69) is 67.2 Å². The maximum absolute atomic E-state index is 14.8. The fourth-order valence-corrected chi connectivity index (χ4v) is 9.20. The zero-order chi connectivity index (χ0) is 47.9. The molecule has 2 heterocycles. The highest BCUT2D eigenvalue weighted by Crippen LogP contribution is 2.44. The number of fused-ring (bicyclic) bond motifs is 4. The van der Waals surface area contributed by atoms with Crippen LogP contribution in [0, 0.1) is 0 Å². The molecule has 12 nitrogen and oxygen atoms in total. The van der Waals surface area contributed by atoms with Gasteiger partial charge in [0, 0.05) is 23.5 Å². The molecule has 354 valence electrons. The van der Waals surface area contributed by atoms with Gasteiger partial charge in [0.1, 0.15) is 11.2 Å². The minimum Gasteiger partial charge on any atom is -0.444 e. The highest BCUT2D eigenvalue weighted by atomic mass is 16.6. The lowest BCUT2D eigenvalue weighted by Gasteiger charge is -2.33. The Balaban J connectivity index is 1.27. The van der Waals surface area contributed by atoms with Crippen molar-refractivity contribution in [2.24, 2.45) is 0 Å². The van der Waals surface area contributed by atoms with Gasteiger partial charge in [-0.1, -0.05) is 55.5 Å². The molecule has 0 saturated carbocycles. The number of carbonyl (C=O) groups excluding carboxylic acids is 4. The number of nitrogens with zero attached hydrogens (tertiary/aromatic N) is 4. The molecule has 0 radical (unpaired) electrons. The first kappa shape index (κ1) is 49.7. The van der Waals surface area contributed by atoms with Crippen molar-refractivity contribution in [1.29, 1.82) is 0 Å². The third-order valence-electron chi connectivity index (χ3n) is 12.0. The summed E-state index contributed by atoms with van der Waals surface area (Å²) in [5, 5.41) is 5.78. The van der Waals surface area contributed by atoms with Gasteiger partial charge in [0.25, 0.3) is 0 Å². The predicted octanol–water partition coefficient (Wildman–Crippen LogP) is 11.8. The molecular formula is C54H72N6O6. The number of para-hydroxylation sites is 2. The highest BCUT2D eigenvalue weighted by molar-refractivity contribution is 6.05. The lowest BCUT2D eigenvalue weighted by Crippen LogP contribution is -2.45. The van der Waals surface area contributed by atoms with E-state index < -0.39 is 23.4 Å². The smallest absolute Gasteiger partial charge is 0.412 e. The molecule has 0 aliphatic carbocycles. The number of anilines is 6. The normalized spacial score (nSPS) is 14.8. The van der Waals surface area contributed by atoms with Gasteiger partial charge < -0.3 is 9.47 Å². The maximum Gasteiger partial charge on any atom is 0.412 e. The van der Waals surface area contributed by atoms with E-state index in [9.17, 15) is 19.2 Å². The molecule has 4 aromatic rings. The van der Waals surface area contributed by atoms with Gasteiger partial charge in [-0.25, -0.2) is 9.59 Å². The lowest BCUT2D eigenvalue weighted by molar-refractivity contribution is -0.120. The number of carbonyl (C=O) groups is 4. The number of ether oxygens (including phenoxy) is 2. The number of hydrogen-bond acceptors (Lipinski definition) is 8. The van der Waals surface area contributed by atoms with Crippen LogP contribution < -0.4 is 20.4 Å². The van der Waals surface area contributed by atoms with Crippen molar-refractivity contribution in [3.05, 3.63) is 107 Å². The van der Waals surface area contributed by atoms with E-state index in [-0.39, 0.29) is 42.9 Å². The number of aryl methyl sites for hydroxylation is 2. The van der Waals surface area contributed by atoms with E-state index in [1.54, 1.807) is 0 Å². The van der Waals surface area contributed by atoms with Gasteiger partial charge in [-0.2, -0.15) is 0 Å². The molecular weight excluding hydrogens is 829 g/mol. The predicted molar refractivity (Wildman–Crippen MR) is 267 cm³/mol. The van der Waals surface area contributed by atoms with Crippen molar-refractivity contribution in [3.63, 3.8) is 0 Å². The van der Waals surface area contributed by atoms with Crippen LogP contribution >= 0.6 is 0 Å². The van der Waals surface area contributed by atoms with Crippen LogP contribution in [0.5, 0.6) is 0 Å². The SMILES string of the molecule is CCCN(CCCC1Cc2ccc(NC(=O)OC(C)(C)C)cc2N(C(=O)CN(C(C)C)C(C)C)c2ccccc21)CC(=O)N1c2ccccc2CCc2ccc(NC(=O)OC(C)(C)C)cc21. The van der Waals surface area contributed by atoms with Crippen LogP contribution in [0.3, 0.4) is 0 Å². The Hall–Kier alpha value is -5.72. The first-order valence-electron chi connectivity index (χ1n) is 23.8. The molecule has 4 aromatic carbocycles. The quantitative estimate of drug-likeness (QED) is 0.128. The van der Waals surface area contributed by atoms with Gasteiger partial charge in [-0.05, 0) is 185 Å². The minimum absolute atomic E-state index is 0.0380. The van der Waals surface area contributed by atoms with Crippen LogP contribution in [-0.2, 0) is 38.3 Å². The van der Waals surface area contributed by atoms with Gasteiger partial charge in [0.05, 0.1) is 35.8 Å². The average molecular weight is 901 g/mol. The molecule has 1 unspecified atom stereocenters. The molecule has 0 fully saturated rings. The molecule has 2 aliphatic heterocycles. The number of hydrogen-bond donors (Lipinski definition) is 2. The molecule has 6 rings (SSSR count). The summed E-state index contributed by atoms with van der Waals surface area (Å²) in [6.07, 6.45) is 3.65. The van der Waals surface area contributed by atoms with Gasteiger partial charge in [-0.3, -0.25) is 39.8 Å². The first-order chi connectivity index (χ1) is 31.2. The third kappa shape index (κ3) is 12.8. The molecule has 2 aliphatic rings. The molecule has 0 aromatic heterocycles. The summed E-state index contributed by atoms with van der Waals surface area (Å²) in [4.78, 5) is 63.5. The number of amides is 4.